The Kier molecular flexibility index (Phi) is 13.7. The van der Waals surface area contributed by atoms with E-state index in [4.69, 9.17) is 0 Å². The lowest BCUT2D eigenvalue weighted by Crippen LogP contribution is -2.39. The summed E-state index contributed by atoms with van der Waals surface area (Å²) in [6.07, 6.45) is 5.38. The summed E-state index contributed by atoms with van der Waals surface area (Å²) in [4.78, 5) is 12.6. The highest BCUT2D eigenvalue weighted by molar-refractivity contribution is 14.0. The lowest BCUT2D eigenvalue weighted by Gasteiger charge is -2.15. The first kappa shape index (κ1) is 22.6. The number of aryl methyl sites for hydroxylation is 1. The summed E-state index contributed by atoms with van der Waals surface area (Å²) in [7, 11) is 2.16. The van der Waals surface area contributed by atoms with Crippen molar-refractivity contribution in [1.82, 2.24) is 20.5 Å². The van der Waals surface area contributed by atoms with Crippen molar-refractivity contribution in [3.05, 3.63) is 16.1 Å². The van der Waals surface area contributed by atoms with Gasteiger partial charge in [-0.15, -0.1) is 35.3 Å². The number of rotatable bonds is 10. The predicted octanol–water partition coefficient (Wildman–Crippen LogP) is 2.90. The molecule has 134 valence electrons. The van der Waals surface area contributed by atoms with E-state index < -0.39 is 0 Å². The Bertz CT molecular complexity index is 436. The van der Waals surface area contributed by atoms with E-state index in [-0.39, 0.29) is 24.0 Å². The molecule has 0 fully saturated rings. The Morgan fingerprint density at radius 2 is 2.09 bits per heavy atom. The summed E-state index contributed by atoms with van der Waals surface area (Å²) < 4.78 is 0. The van der Waals surface area contributed by atoms with E-state index in [0.29, 0.717) is 0 Å². The van der Waals surface area contributed by atoms with Crippen LogP contribution >= 0.6 is 35.3 Å². The fourth-order valence-electron chi connectivity index (χ4n) is 2.02. The first-order valence-electron chi connectivity index (χ1n) is 8.27. The second-order valence-electron chi connectivity index (χ2n) is 5.46. The Balaban J connectivity index is 0.00000484. The molecule has 1 aromatic rings. The van der Waals surface area contributed by atoms with Gasteiger partial charge in [-0.1, -0.05) is 13.3 Å². The van der Waals surface area contributed by atoms with Crippen molar-refractivity contribution < 1.29 is 0 Å². The van der Waals surface area contributed by atoms with Gasteiger partial charge in [-0.2, -0.15) is 0 Å². The minimum Gasteiger partial charge on any atom is -0.357 e. The van der Waals surface area contributed by atoms with Crippen molar-refractivity contribution in [2.45, 2.75) is 40.0 Å². The lowest BCUT2D eigenvalue weighted by molar-refractivity contribution is 0.337. The highest BCUT2D eigenvalue weighted by Gasteiger charge is 2.01. The molecule has 0 aromatic carbocycles. The average molecular weight is 453 g/mol. The van der Waals surface area contributed by atoms with Gasteiger partial charge < -0.3 is 15.5 Å². The van der Waals surface area contributed by atoms with Gasteiger partial charge in [0.05, 0.1) is 11.6 Å². The average Bonchev–Trinajstić information content (AvgIpc) is 2.90. The molecule has 0 saturated heterocycles. The summed E-state index contributed by atoms with van der Waals surface area (Å²) in [6, 6.07) is 0. The highest BCUT2D eigenvalue weighted by Crippen LogP contribution is 2.10. The van der Waals surface area contributed by atoms with Crippen molar-refractivity contribution in [3.63, 3.8) is 0 Å². The molecule has 0 saturated carbocycles. The van der Waals surface area contributed by atoms with Crippen LogP contribution < -0.4 is 10.6 Å². The van der Waals surface area contributed by atoms with Crippen LogP contribution in [0.25, 0.3) is 0 Å². The first-order valence-corrected chi connectivity index (χ1v) is 9.09. The number of guanidine groups is 1. The molecule has 1 heterocycles. The minimum atomic E-state index is 0. The molecule has 0 spiro atoms. The van der Waals surface area contributed by atoms with Crippen LogP contribution in [0.3, 0.4) is 0 Å². The zero-order valence-corrected chi connectivity index (χ0v) is 18.0. The molecular formula is C16H32IN5S. The molecule has 0 radical (unpaired) electrons. The van der Waals surface area contributed by atoms with Crippen LogP contribution in [0.15, 0.2) is 11.2 Å². The minimum absolute atomic E-state index is 0. The van der Waals surface area contributed by atoms with Gasteiger partial charge in [-0.3, -0.25) is 4.99 Å². The first-order chi connectivity index (χ1) is 10.7. The van der Waals surface area contributed by atoms with E-state index in [1.807, 2.05) is 6.20 Å². The normalized spacial score (nSPS) is 11.4. The number of thiazole rings is 1. The van der Waals surface area contributed by atoms with E-state index in [1.54, 1.807) is 11.3 Å². The number of hydrogen-bond donors (Lipinski definition) is 2. The maximum Gasteiger partial charge on any atom is 0.191 e. The molecule has 0 amide bonds. The van der Waals surface area contributed by atoms with Crippen LogP contribution in [-0.2, 0) is 6.42 Å². The second kappa shape index (κ2) is 14.0. The van der Waals surface area contributed by atoms with Gasteiger partial charge in [0.25, 0.3) is 0 Å². The van der Waals surface area contributed by atoms with Crippen LogP contribution in [0.5, 0.6) is 0 Å². The molecule has 0 atom stereocenters. The molecule has 23 heavy (non-hydrogen) atoms. The quantitative estimate of drug-likeness (QED) is 0.325. The summed E-state index contributed by atoms with van der Waals surface area (Å²) in [5.41, 5.74) is 0. The Morgan fingerprint density at radius 1 is 1.30 bits per heavy atom. The summed E-state index contributed by atoms with van der Waals surface area (Å²) in [6.45, 7) is 11.1. The second-order valence-corrected chi connectivity index (χ2v) is 6.78. The van der Waals surface area contributed by atoms with Crippen LogP contribution in [-0.4, -0.2) is 55.6 Å². The van der Waals surface area contributed by atoms with Gasteiger partial charge in [0.2, 0.25) is 0 Å². The molecule has 7 heteroatoms. The molecule has 0 aliphatic heterocycles. The van der Waals surface area contributed by atoms with Crippen molar-refractivity contribution in [2.75, 3.05) is 39.8 Å². The van der Waals surface area contributed by atoms with Gasteiger partial charge >= 0.3 is 0 Å². The van der Waals surface area contributed by atoms with Crippen LogP contribution in [0.1, 0.15) is 36.6 Å². The van der Waals surface area contributed by atoms with E-state index in [0.717, 1.165) is 45.1 Å². The molecule has 2 N–H and O–H groups in total. The maximum absolute atomic E-state index is 4.63. The largest absolute Gasteiger partial charge is 0.357 e. The SMILES string of the molecule is CCCCN(C)CCN=C(NCC)NCCc1ncc(C)s1.I. The third-order valence-corrected chi connectivity index (χ3v) is 4.26. The number of aliphatic imine (C=N–C) groups is 1. The number of nitrogens with one attached hydrogen (secondary N) is 2. The monoisotopic (exact) mass is 453 g/mol. The Morgan fingerprint density at radius 3 is 2.70 bits per heavy atom. The molecule has 0 aliphatic rings. The molecular weight excluding hydrogens is 421 g/mol. The standard InChI is InChI=1S/C16H31N5S.HI/c1-5-7-11-21(4)12-10-19-16(17-6-2)18-9-8-15-20-13-14(3)22-15;/h13H,5-12H2,1-4H3,(H2,17,18,19);1H. The zero-order valence-electron chi connectivity index (χ0n) is 14.9. The predicted molar refractivity (Wildman–Crippen MR) is 112 cm³/mol. The van der Waals surface area contributed by atoms with Crippen molar-refractivity contribution >= 4 is 41.3 Å². The smallest absolute Gasteiger partial charge is 0.191 e. The van der Waals surface area contributed by atoms with Crippen molar-refractivity contribution in [1.29, 1.82) is 0 Å². The number of likely N-dealkylation sites (N-methyl/N-ethyl adjacent to an activating group) is 1. The Labute approximate surface area is 162 Å². The zero-order chi connectivity index (χ0) is 16.2. The fourth-order valence-corrected chi connectivity index (χ4v) is 2.81. The van der Waals surface area contributed by atoms with E-state index >= 15 is 0 Å². The third-order valence-electron chi connectivity index (χ3n) is 3.29. The van der Waals surface area contributed by atoms with Gasteiger partial charge in [0, 0.05) is 37.1 Å². The number of hydrogen-bond acceptors (Lipinski definition) is 4. The number of halogens is 1. The van der Waals surface area contributed by atoms with E-state index in [9.17, 15) is 0 Å². The third kappa shape index (κ3) is 10.9. The molecule has 1 rings (SSSR count). The molecule has 5 nitrogen and oxygen atoms in total. The van der Waals surface area contributed by atoms with Crippen LogP contribution in [0.4, 0.5) is 0 Å². The molecule has 0 aliphatic carbocycles. The van der Waals surface area contributed by atoms with Crippen LogP contribution in [0.2, 0.25) is 0 Å². The summed E-state index contributed by atoms with van der Waals surface area (Å²) in [5, 5.41) is 7.86. The number of nitrogens with zero attached hydrogens (tertiary/aromatic N) is 3. The van der Waals surface area contributed by atoms with E-state index in [1.165, 1.54) is 22.7 Å². The lowest BCUT2D eigenvalue weighted by atomic mass is 10.3. The Hall–Kier alpha value is -0.410. The van der Waals surface area contributed by atoms with Crippen molar-refractivity contribution in [2.24, 2.45) is 4.99 Å². The van der Waals surface area contributed by atoms with Crippen molar-refractivity contribution in [3.8, 4) is 0 Å². The van der Waals surface area contributed by atoms with Gasteiger partial charge in [0.15, 0.2) is 5.96 Å². The highest BCUT2D eigenvalue weighted by atomic mass is 127. The number of unbranched alkanes of at least 4 members (excludes halogenated alkanes) is 1. The molecule has 0 bridgehead atoms. The van der Waals surface area contributed by atoms with Gasteiger partial charge in [0.1, 0.15) is 0 Å². The topological polar surface area (TPSA) is 52.5 Å². The molecule has 0 unspecified atom stereocenters. The fraction of sp³-hybridized carbons (Fsp3) is 0.750. The van der Waals surface area contributed by atoms with E-state index in [2.05, 4.69) is 53.3 Å². The summed E-state index contributed by atoms with van der Waals surface area (Å²) >= 11 is 1.76. The molecule has 1 aromatic heterocycles. The van der Waals surface area contributed by atoms with Crippen LogP contribution in [0, 0.1) is 6.92 Å². The number of aromatic nitrogens is 1. The maximum atomic E-state index is 4.63. The van der Waals surface area contributed by atoms with Gasteiger partial charge in [-0.25, -0.2) is 4.98 Å². The summed E-state index contributed by atoms with van der Waals surface area (Å²) in [5.74, 6) is 0.902. The van der Waals surface area contributed by atoms with Gasteiger partial charge in [-0.05, 0) is 33.9 Å².